The average Bonchev–Trinajstić information content (AvgIpc) is 2.40. The van der Waals surface area contributed by atoms with Crippen molar-refractivity contribution < 1.29 is 13.2 Å². The summed E-state index contributed by atoms with van der Waals surface area (Å²) < 4.78 is 26.3. The molecule has 1 unspecified atom stereocenters. The van der Waals surface area contributed by atoms with Crippen molar-refractivity contribution in [1.29, 1.82) is 0 Å². The van der Waals surface area contributed by atoms with Crippen LogP contribution in [-0.4, -0.2) is 26.1 Å². The van der Waals surface area contributed by atoms with Crippen LogP contribution in [0.2, 0.25) is 0 Å². The molecule has 0 radical (unpaired) electrons. The number of halogens is 1. The molecule has 0 aromatic heterocycles. The molecule has 0 aliphatic heterocycles. The lowest BCUT2D eigenvalue weighted by Gasteiger charge is -2.14. The van der Waals surface area contributed by atoms with Gasteiger partial charge in [-0.05, 0) is 44.4 Å². The quantitative estimate of drug-likeness (QED) is 0.660. The summed E-state index contributed by atoms with van der Waals surface area (Å²) in [6.07, 6.45) is 1.48. The van der Waals surface area contributed by atoms with E-state index in [1.54, 1.807) is 32.0 Å². The first-order chi connectivity index (χ1) is 10.2. The first-order valence-electron chi connectivity index (χ1n) is 7.40. The van der Waals surface area contributed by atoms with Gasteiger partial charge in [-0.2, -0.15) is 0 Å². The van der Waals surface area contributed by atoms with Crippen LogP contribution in [0, 0.1) is 6.92 Å². The first-order valence-corrected chi connectivity index (χ1v) is 9.06. The third kappa shape index (κ3) is 7.67. The Balaban J connectivity index is 0.00000484. The molecular weight excluding hydrogens is 338 g/mol. The lowest BCUT2D eigenvalue weighted by molar-refractivity contribution is -0.116. The van der Waals surface area contributed by atoms with Crippen LogP contribution in [-0.2, 0) is 14.8 Å². The van der Waals surface area contributed by atoms with Crippen molar-refractivity contribution >= 4 is 39.7 Å². The van der Waals surface area contributed by atoms with Crippen molar-refractivity contribution in [3.63, 3.8) is 0 Å². The number of carbonyl (C=O) groups is 1. The summed E-state index contributed by atoms with van der Waals surface area (Å²) in [7, 11) is -3.35. The molecule has 6 nitrogen and oxygen atoms in total. The molecule has 4 N–H and O–H groups in total. The van der Waals surface area contributed by atoms with Crippen LogP contribution in [0.5, 0.6) is 0 Å². The standard InChI is InChI=1S/C15H25N3O3S.ClH/c1-4-10-22(20,21)18-14-7-5-6-13(12(14)3)17-15(19)9-8-11(2)16;/h5-7,11,18H,4,8-10,16H2,1-3H3,(H,17,19);1H. The average molecular weight is 364 g/mol. The normalized spacial score (nSPS) is 12.2. The summed E-state index contributed by atoms with van der Waals surface area (Å²) in [6, 6.07) is 5.11. The molecule has 0 saturated carbocycles. The van der Waals surface area contributed by atoms with Gasteiger partial charge in [0.25, 0.3) is 0 Å². The fourth-order valence-electron chi connectivity index (χ4n) is 1.94. The predicted octanol–water partition coefficient (Wildman–Crippen LogP) is 2.63. The highest BCUT2D eigenvalue weighted by Crippen LogP contribution is 2.24. The van der Waals surface area contributed by atoms with Crippen LogP contribution in [0.1, 0.15) is 38.7 Å². The van der Waals surface area contributed by atoms with Crippen molar-refractivity contribution in [3.8, 4) is 0 Å². The second-order valence-corrected chi connectivity index (χ2v) is 7.31. The summed E-state index contributed by atoms with van der Waals surface area (Å²) in [4.78, 5) is 11.9. The Bertz CT molecular complexity index is 618. The van der Waals surface area contributed by atoms with Crippen molar-refractivity contribution in [2.75, 3.05) is 15.8 Å². The molecule has 1 rings (SSSR count). The van der Waals surface area contributed by atoms with E-state index in [1.807, 2.05) is 6.92 Å². The molecule has 0 bridgehead atoms. The molecule has 8 heteroatoms. The highest BCUT2D eigenvalue weighted by Gasteiger charge is 2.13. The van der Waals surface area contributed by atoms with Crippen molar-refractivity contribution in [2.45, 2.75) is 46.1 Å². The third-order valence-corrected chi connectivity index (χ3v) is 4.65. The summed E-state index contributed by atoms with van der Waals surface area (Å²) >= 11 is 0. The highest BCUT2D eigenvalue weighted by molar-refractivity contribution is 7.92. The van der Waals surface area contributed by atoms with Gasteiger partial charge in [0, 0.05) is 18.2 Å². The molecule has 0 aliphatic carbocycles. The second kappa shape index (κ2) is 9.75. The SMILES string of the molecule is CCCS(=O)(=O)Nc1cccc(NC(=O)CCC(C)N)c1C.Cl. The number of hydrogen-bond acceptors (Lipinski definition) is 4. The minimum atomic E-state index is -3.35. The van der Waals surface area contributed by atoms with E-state index < -0.39 is 10.0 Å². The van der Waals surface area contributed by atoms with E-state index in [4.69, 9.17) is 5.73 Å². The Morgan fingerprint density at radius 1 is 1.30 bits per heavy atom. The smallest absolute Gasteiger partial charge is 0.232 e. The molecule has 1 aromatic rings. The van der Waals surface area contributed by atoms with E-state index in [0.29, 0.717) is 36.2 Å². The van der Waals surface area contributed by atoms with E-state index in [-0.39, 0.29) is 30.1 Å². The molecule has 0 saturated heterocycles. The molecule has 0 fully saturated rings. The van der Waals surface area contributed by atoms with Crippen LogP contribution >= 0.6 is 12.4 Å². The molecule has 1 amide bonds. The number of anilines is 2. The highest BCUT2D eigenvalue weighted by atomic mass is 35.5. The number of nitrogens with one attached hydrogen (secondary N) is 2. The minimum Gasteiger partial charge on any atom is -0.328 e. The van der Waals surface area contributed by atoms with E-state index >= 15 is 0 Å². The van der Waals surface area contributed by atoms with Gasteiger partial charge in [-0.15, -0.1) is 12.4 Å². The Kier molecular flexibility index (Phi) is 9.19. The zero-order valence-electron chi connectivity index (χ0n) is 13.8. The van der Waals surface area contributed by atoms with Gasteiger partial charge in [0.1, 0.15) is 0 Å². The Hall–Kier alpha value is -1.31. The second-order valence-electron chi connectivity index (χ2n) is 5.46. The van der Waals surface area contributed by atoms with Crippen LogP contribution in [0.4, 0.5) is 11.4 Å². The largest absolute Gasteiger partial charge is 0.328 e. The van der Waals surface area contributed by atoms with Crippen molar-refractivity contribution in [2.24, 2.45) is 5.73 Å². The number of hydrogen-bond donors (Lipinski definition) is 3. The van der Waals surface area contributed by atoms with Crippen molar-refractivity contribution in [3.05, 3.63) is 23.8 Å². The minimum absolute atomic E-state index is 0. The lowest BCUT2D eigenvalue weighted by atomic mass is 10.1. The van der Waals surface area contributed by atoms with E-state index in [2.05, 4.69) is 10.0 Å². The number of sulfonamides is 1. The van der Waals surface area contributed by atoms with Gasteiger partial charge in [0.05, 0.1) is 11.4 Å². The molecular formula is C15H26ClN3O3S. The summed E-state index contributed by atoms with van der Waals surface area (Å²) in [5, 5.41) is 2.79. The Morgan fingerprint density at radius 2 is 1.91 bits per heavy atom. The number of benzene rings is 1. The molecule has 1 atom stereocenters. The van der Waals surface area contributed by atoms with Crippen LogP contribution in [0.25, 0.3) is 0 Å². The molecule has 0 spiro atoms. The first kappa shape index (κ1) is 21.7. The maximum Gasteiger partial charge on any atom is 0.232 e. The summed E-state index contributed by atoms with van der Waals surface area (Å²) in [5.41, 5.74) is 7.41. The summed E-state index contributed by atoms with van der Waals surface area (Å²) in [5.74, 6) is -0.0637. The zero-order valence-corrected chi connectivity index (χ0v) is 15.4. The van der Waals surface area contributed by atoms with Gasteiger partial charge in [-0.1, -0.05) is 13.0 Å². The van der Waals surface area contributed by atoms with Crippen LogP contribution in [0.15, 0.2) is 18.2 Å². The molecule has 23 heavy (non-hydrogen) atoms. The predicted molar refractivity (Wildman–Crippen MR) is 97.6 cm³/mol. The topological polar surface area (TPSA) is 101 Å². The van der Waals surface area contributed by atoms with E-state index in [9.17, 15) is 13.2 Å². The number of rotatable bonds is 8. The van der Waals surface area contributed by atoms with E-state index in [1.165, 1.54) is 0 Å². The van der Waals surface area contributed by atoms with Gasteiger partial charge < -0.3 is 11.1 Å². The number of amides is 1. The fourth-order valence-corrected chi connectivity index (χ4v) is 3.14. The molecule has 0 heterocycles. The maximum atomic E-state index is 11.9. The Morgan fingerprint density at radius 3 is 2.48 bits per heavy atom. The van der Waals surface area contributed by atoms with E-state index in [0.717, 1.165) is 0 Å². The van der Waals surface area contributed by atoms with Crippen LogP contribution < -0.4 is 15.8 Å². The van der Waals surface area contributed by atoms with Gasteiger partial charge in [0.2, 0.25) is 15.9 Å². The fraction of sp³-hybridized carbons (Fsp3) is 0.533. The summed E-state index contributed by atoms with van der Waals surface area (Å²) in [6.45, 7) is 5.42. The monoisotopic (exact) mass is 363 g/mol. The van der Waals surface area contributed by atoms with Crippen molar-refractivity contribution in [1.82, 2.24) is 0 Å². The molecule has 132 valence electrons. The zero-order chi connectivity index (χ0) is 16.8. The number of nitrogens with two attached hydrogens (primary N) is 1. The van der Waals surface area contributed by atoms with Gasteiger partial charge in [-0.3, -0.25) is 9.52 Å². The van der Waals surface area contributed by atoms with Gasteiger partial charge >= 0.3 is 0 Å². The lowest BCUT2D eigenvalue weighted by Crippen LogP contribution is -2.20. The van der Waals surface area contributed by atoms with Gasteiger partial charge in [-0.25, -0.2) is 8.42 Å². The molecule has 0 aliphatic rings. The Labute approximate surface area is 144 Å². The maximum absolute atomic E-state index is 11.9. The third-order valence-electron chi connectivity index (χ3n) is 3.17. The van der Waals surface area contributed by atoms with Gasteiger partial charge in [0.15, 0.2) is 0 Å². The number of carbonyl (C=O) groups excluding carboxylic acids is 1. The van der Waals surface area contributed by atoms with Crippen LogP contribution in [0.3, 0.4) is 0 Å². The molecule has 1 aromatic carbocycles.